The number of hydrogen-bond acceptors (Lipinski definition) is 4. The van der Waals surface area contributed by atoms with E-state index in [9.17, 15) is 14.4 Å². The zero-order chi connectivity index (χ0) is 23.5. The molecule has 0 spiro atoms. The van der Waals surface area contributed by atoms with Crippen LogP contribution < -0.4 is 5.32 Å². The highest BCUT2D eigenvalue weighted by Gasteiger charge is 2.32. The Kier molecular flexibility index (Phi) is 6.56. The van der Waals surface area contributed by atoms with Crippen LogP contribution >= 0.6 is 11.6 Å². The number of ketones is 1. The van der Waals surface area contributed by atoms with E-state index in [0.29, 0.717) is 27.5 Å². The molecule has 3 aromatic rings. The van der Waals surface area contributed by atoms with Crippen LogP contribution in [-0.4, -0.2) is 33.5 Å². The van der Waals surface area contributed by atoms with Crippen molar-refractivity contribution in [2.24, 2.45) is 0 Å². The van der Waals surface area contributed by atoms with Gasteiger partial charge in [0.2, 0.25) is 0 Å². The lowest BCUT2D eigenvalue weighted by Gasteiger charge is -2.26. The van der Waals surface area contributed by atoms with Crippen LogP contribution in [0.2, 0.25) is 5.02 Å². The number of nitrogens with zero attached hydrogens (tertiary/aromatic N) is 2. The Labute approximate surface area is 197 Å². The van der Waals surface area contributed by atoms with E-state index in [4.69, 9.17) is 11.6 Å². The Morgan fingerprint density at radius 1 is 1.09 bits per heavy atom. The number of amides is 2. The molecule has 2 aromatic carbocycles. The number of benzene rings is 2. The summed E-state index contributed by atoms with van der Waals surface area (Å²) in [5.41, 5.74) is 3.54. The normalized spacial score (nSPS) is 15.7. The van der Waals surface area contributed by atoms with E-state index >= 15 is 0 Å². The minimum absolute atomic E-state index is 0.0399. The average Bonchev–Trinajstić information content (AvgIpc) is 2.90. The van der Waals surface area contributed by atoms with Gasteiger partial charge in [-0.25, -0.2) is 4.98 Å². The molecule has 0 unspecified atom stereocenters. The number of nitrogens with one attached hydrogen (secondary N) is 1. The van der Waals surface area contributed by atoms with Gasteiger partial charge in [0.05, 0.1) is 6.04 Å². The lowest BCUT2D eigenvalue weighted by Crippen LogP contribution is -2.41. The Morgan fingerprint density at radius 2 is 1.82 bits per heavy atom. The number of Topliss-reactive ketones (excluding diaryl/α,β-unsaturated/α-hetero) is 1. The van der Waals surface area contributed by atoms with Gasteiger partial charge in [0.25, 0.3) is 11.8 Å². The number of hydrogen-bond donors (Lipinski definition) is 1. The molecule has 1 aromatic heterocycles. The zero-order valence-electron chi connectivity index (χ0n) is 18.5. The van der Waals surface area contributed by atoms with E-state index in [1.54, 1.807) is 66.6 Å². The molecule has 2 heterocycles. The van der Waals surface area contributed by atoms with Crippen LogP contribution in [0.25, 0.3) is 0 Å². The van der Waals surface area contributed by atoms with Crippen molar-refractivity contribution in [3.8, 4) is 0 Å². The van der Waals surface area contributed by atoms with E-state index in [2.05, 4.69) is 10.3 Å². The fourth-order valence-electron chi connectivity index (χ4n) is 3.82. The maximum atomic E-state index is 13.2. The van der Waals surface area contributed by atoms with Crippen LogP contribution in [0, 0.1) is 0 Å². The quantitative estimate of drug-likeness (QED) is 0.597. The predicted octanol–water partition coefficient (Wildman–Crippen LogP) is 4.71. The molecule has 0 saturated heterocycles. The van der Waals surface area contributed by atoms with E-state index in [-0.39, 0.29) is 30.6 Å². The minimum atomic E-state index is -0.566. The summed E-state index contributed by atoms with van der Waals surface area (Å²) in [7, 11) is 0. The third-order valence-corrected chi connectivity index (χ3v) is 6.14. The van der Waals surface area contributed by atoms with E-state index < -0.39 is 6.04 Å². The minimum Gasteiger partial charge on any atom is -0.325 e. The molecule has 0 bridgehead atoms. The Bertz CT molecular complexity index is 1210. The summed E-state index contributed by atoms with van der Waals surface area (Å²) in [4.78, 5) is 44.3. The fourth-order valence-corrected chi connectivity index (χ4v) is 4.01. The molecule has 4 rings (SSSR count). The Balaban J connectivity index is 1.49. The van der Waals surface area contributed by atoms with Gasteiger partial charge in [0, 0.05) is 35.3 Å². The van der Waals surface area contributed by atoms with Gasteiger partial charge in [0.1, 0.15) is 5.82 Å². The number of anilines is 1. The van der Waals surface area contributed by atoms with Gasteiger partial charge in [-0.15, -0.1) is 0 Å². The summed E-state index contributed by atoms with van der Waals surface area (Å²) in [6, 6.07) is 15.1. The molecular formula is C26H24ClN3O3. The van der Waals surface area contributed by atoms with Crippen LogP contribution in [0.4, 0.5) is 5.82 Å². The van der Waals surface area contributed by atoms with Crippen molar-refractivity contribution in [2.75, 3.05) is 5.32 Å². The lowest BCUT2D eigenvalue weighted by atomic mass is 10.0. The van der Waals surface area contributed by atoms with Crippen molar-refractivity contribution in [3.05, 3.63) is 93.6 Å². The van der Waals surface area contributed by atoms with Crippen LogP contribution in [-0.2, 0) is 24.2 Å². The first-order valence-electron chi connectivity index (χ1n) is 10.8. The van der Waals surface area contributed by atoms with Crippen LogP contribution in [0.3, 0.4) is 0 Å². The van der Waals surface area contributed by atoms with Gasteiger partial charge in [-0.3, -0.25) is 14.4 Å². The Hall–Kier alpha value is -3.51. The monoisotopic (exact) mass is 461 g/mol. The number of halogens is 1. The molecule has 168 valence electrons. The first-order chi connectivity index (χ1) is 15.9. The SMILES string of the molecule is CCc1ccc(NC(=O)c2ccc(CN3C(=O)c4ccc(Cl)cc4CC(=O)[C@H]3C)cc2)nc1. The molecule has 0 radical (unpaired) electrons. The van der Waals surface area contributed by atoms with Crippen molar-refractivity contribution in [1.29, 1.82) is 0 Å². The topological polar surface area (TPSA) is 79.4 Å². The molecule has 0 saturated carbocycles. The highest BCUT2D eigenvalue weighted by atomic mass is 35.5. The van der Waals surface area contributed by atoms with Gasteiger partial charge in [-0.2, -0.15) is 0 Å². The summed E-state index contributed by atoms with van der Waals surface area (Å²) in [5, 5.41) is 3.28. The van der Waals surface area contributed by atoms with Gasteiger partial charge < -0.3 is 10.2 Å². The molecule has 6 nitrogen and oxygen atoms in total. The van der Waals surface area contributed by atoms with Gasteiger partial charge in [-0.05, 0) is 66.4 Å². The van der Waals surface area contributed by atoms with E-state index in [0.717, 1.165) is 17.5 Å². The van der Waals surface area contributed by atoms with Crippen molar-refractivity contribution < 1.29 is 14.4 Å². The van der Waals surface area contributed by atoms with Gasteiger partial charge >= 0.3 is 0 Å². The third-order valence-electron chi connectivity index (χ3n) is 5.90. The molecule has 1 aliphatic heterocycles. The molecule has 1 N–H and O–H groups in total. The number of carbonyl (C=O) groups is 3. The second kappa shape index (κ2) is 9.55. The van der Waals surface area contributed by atoms with Crippen molar-refractivity contribution in [3.63, 3.8) is 0 Å². The number of pyridine rings is 1. The zero-order valence-corrected chi connectivity index (χ0v) is 19.2. The van der Waals surface area contributed by atoms with Gasteiger partial charge in [0.15, 0.2) is 5.78 Å². The first-order valence-corrected chi connectivity index (χ1v) is 11.2. The summed E-state index contributed by atoms with van der Waals surface area (Å²) in [6.45, 7) is 4.04. The van der Waals surface area contributed by atoms with Crippen molar-refractivity contribution in [1.82, 2.24) is 9.88 Å². The largest absolute Gasteiger partial charge is 0.325 e. The molecule has 7 heteroatoms. The van der Waals surface area contributed by atoms with E-state index in [1.807, 2.05) is 13.0 Å². The van der Waals surface area contributed by atoms with Crippen molar-refractivity contribution >= 4 is 35.0 Å². The molecule has 1 aliphatic rings. The van der Waals surface area contributed by atoms with Gasteiger partial charge in [-0.1, -0.05) is 36.7 Å². The summed E-state index contributed by atoms with van der Waals surface area (Å²) >= 11 is 6.06. The maximum Gasteiger partial charge on any atom is 0.256 e. The second-order valence-electron chi connectivity index (χ2n) is 8.11. The number of aromatic nitrogens is 1. The Morgan fingerprint density at radius 3 is 2.48 bits per heavy atom. The molecule has 2 amide bonds. The number of fused-ring (bicyclic) bond motifs is 1. The van der Waals surface area contributed by atoms with E-state index in [1.165, 1.54) is 0 Å². The molecular weight excluding hydrogens is 438 g/mol. The third kappa shape index (κ3) is 4.96. The number of rotatable bonds is 5. The summed E-state index contributed by atoms with van der Waals surface area (Å²) in [6.07, 6.45) is 2.79. The maximum absolute atomic E-state index is 13.2. The first kappa shape index (κ1) is 22.7. The van der Waals surface area contributed by atoms with Crippen molar-refractivity contribution in [2.45, 2.75) is 39.3 Å². The molecule has 0 fully saturated rings. The molecule has 0 aliphatic carbocycles. The standard InChI is InChI=1S/C26H24ClN3O3/c1-3-17-6-11-24(28-14-17)29-25(32)19-7-4-18(5-8-19)15-30-16(2)23(31)13-20-12-21(27)9-10-22(20)26(30)33/h4-12,14,16H,3,13,15H2,1-2H3,(H,28,29,32)/t16-/m1/s1. The number of aryl methyl sites for hydroxylation is 1. The highest BCUT2D eigenvalue weighted by Crippen LogP contribution is 2.25. The average molecular weight is 462 g/mol. The van der Waals surface area contributed by atoms with Crippen LogP contribution in [0.5, 0.6) is 0 Å². The van der Waals surface area contributed by atoms with Crippen LogP contribution in [0.15, 0.2) is 60.8 Å². The molecule has 1 atom stereocenters. The molecule has 33 heavy (non-hydrogen) atoms. The summed E-state index contributed by atoms with van der Waals surface area (Å²) < 4.78 is 0. The van der Waals surface area contributed by atoms with Crippen LogP contribution in [0.1, 0.15) is 51.3 Å². The highest BCUT2D eigenvalue weighted by molar-refractivity contribution is 6.30. The lowest BCUT2D eigenvalue weighted by molar-refractivity contribution is -0.122. The second-order valence-corrected chi connectivity index (χ2v) is 8.55. The fraction of sp³-hybridized carbons (Fsp3) is 0.231. The predicted molar refractivity (Wildman–Crippen MR) is 128 cm³/mol. The number of carbonyl (C=O) groups excluding carboxylic acids is 3. The smallest absolute Gasteiger partial charge is 0.256 e. The summed E-state index contributed by atoms with van der Waals surface area (Å²) in [5.74, 6) is -0.0218.